The number of ketones is 1. The van der Waals surface area contributed by atoms with Crippen LogP contribution in [0.5, 0.6) is 23.0 Å². The van der Waals surface area contributed by atoms with E-state index in [4.69, 9.17) is 24.7 Å². The third-order valence-corrected chi connectivity index (χ3v) is 3.28. The number of rotatable bonds is 7. The van der Waals surface area contributed by atoms with Gasteiger partial charge >= 0.3 is 0 Å². The van der Waals surface area contributed by atoms with Crippen LogP contribution >= 0.6 is 0 Å². The number of carbonyl (C=O) groups excluding carboxylic acids is 1. The van der Waals surface area contributed by atoms with E-state index in [-0.39, 0.29) is 12.4 Å². The number of carbonyl (C=O) groups is 1. The Kier molecular flexibility index (Phi) is 5.30. The van der Waals surface area contributed by atoms with Gasteiger partial charge in [0.2, 0.25) is 11.5 Å². The molecule has 0 fully saturated rings. The van der Waals surface area contributed by atoms with Crippen LogP contribution in [-0.4, -0.2) is 33.7 Å². The topological polar surface area (TPSA) is 80.0 Å². The molecule has 0 heterocycles. The number of anilines is 1. The molecule has 0 spiro atoms. The first-order valence-electron chi connectivity index (χ1n) is 6.91. The molecule has 6 nitrogen and oxygen atoms in total. The normalized spacial score (nSPS) is 10.0. The molecule has 0 bridgehead atoms. The summed E-state index contributed by atoms with van der Waals surface area (Å²) in [6.07, 6.45) is 0. The van der Waals surface area contributed by atoms with Crippen molar-refractivity contribution in [2.75, 3.05) is 33.7 Å². The molecule has 2 aromatic rings. The lowest BCUT2D eigenvalue weighted by Crippen LogP contribution is -2.14. The number of methoxy groups -OCH3 is 3. The van der Waals surface area contributed by atoms with E-state index < -0.39 is 0 Å². The van der Waals surface area contributed by atoms with E-state index in [1.807, 2.05) is 0 Å². The summed E-state index contributed by atoms with van der Waals surface area (Å²) in [7, 11) is 4.46. The molecule has 0 radical (unpaired) electrons. The molecular formula is C17H19NO5. The Bertz CT molecular complexity index is 699. The summed E-state index contributed by atoms with van der Waals surface area (Å²) in [6.45, 7) is -0.167. The Balaban J connectivity index is 2.24. The zero-order chi connectivity index (χ0) is 16.8. The van der Waals surface area contributed by atoms with Gasteiger partial charge in [-0.15, -0.1) is 0 Å². The van der Waals surface area contributed by atoms with Crippen molar-refractivity contribution >= 4 is 11.5 Å². The lowest BCUT2D eigenvalue weighted by Gasteiger charge is -2.15. The first kappa shape index (κ1) is 16.5. The van der Waals surface area contributed by atoms with Crippen LogP contribution in [0, 0.1) is 0 Å². The van der Waals surface area contributed by atoms with Gasteiger partial charge in [0, 0.05) is 0 Å². The number of Topliss-reactive ketones (excluding diaryl/α,β-unsaturated/α-hetero) is 1. The van der Waals surface area contributed by atoms with Gasteiger partial charge in [0.05, 0.1) is 32.6 Å². The van der Waals surface area contributed by atoms with Gasteiger partial charge in [-0.05, 0) is 24.3 Å². The lowest BCUT2D eigenvalue weighted by molar-refractivity contribution is 0.0918. The number of benzene rings is 2. The Morgan fingerprint density at radius 3 is 2.22 bits per heavy atom. The zero-order valence-electron chi connectivity index (χ0n) is 13.3. The monoisotopic (exact) mass is 317 g/mol. The van der Waals surface area contributed by atoms with Crippen molar-refractivity contribution in [3.63, 3.8) is 0 Å². The molecule has 0 saturated heterocycles. The van der Waals surface area contributed by atoms with E-state index in [0.717, 1.165) is 0 Å². The van der Waals surface area contributed by atoms with E-state index in [2.05, 4.69) is 0 Å². The van der Waals surface area contributed by atoms with Crippen molar-refractivity contribution in [2.24, 2.45) is 0 Å². The second-order valence-electron chi connectivity index (χ2n) is 4.63. The minimum absolute atomic E-state index is 0.167. The molecule has 2 aromatic carbocycles. The van der Waals surface area contributed by atoms with Gasteiger partial charge in [0.15, 0.2) is 18.1 Å². The largest absolute Gasteiger partial charge is 0.493 e. The number of hydrogen-bond acceptors (Lipinski definition) is 6. The second-order valence-corrected chi connectivity index (χ2v) is 4.63. The third-order valence-electron chi connectivity index (χ3n) is 3.28. The second kappa shape index (κ2) is 7.40. The van der Waals surface area contributed by atoms with Crippen LogP contribution in [0.25, 0.3) is 0 Å². The number of para-hydroxylation sites is 2. The molecule has 2 rings (SSSR count). The summed E-state index contributed by atoms with van der Waals surface area (Å²) < 4.78 is 21.2. The van der Waals surface area contributed by atoms with Gasteiger partial charge in [-0.25, -0.2) is 0 Å². The van der Waals surface area contributed by atoms with Crippen molar-refractivity contribution in [3.8, 4) is 23.0 Å². The fourth-order valence-electron chi connectivity index (χ4n) is 2.15. The highest BCUT2D eigenvalue weighted by atomic mass is 16.5. The maximum atomic E-state index is 12.4. The molecule has 0 amide bonds. The predicted molar refractivity (Wildman–Crippen MR) is 86.8 cm³/mol. The van der Waals surface area contributed by atoms with Crippen LogP contribution in [0.2, 0.25) is 0 Å². The van der Waals surface area contributed by atoms with E-state index in [9.17, 15) is 4.79 Å². The molecule has 0 unspecified atom stereocenters. The predicted octanol–water partition coefficient (Wildman–Crippen LogP) is 2.56. The summed E-state index contributed by atoms with van der Waals surface area (Å²) in [4.78, 5) is 12.4. The Labute approximate surface area is 134 Å². The standard InChI is InChI=1S/C17H19NO5/c1-20-15-9-8-11(16(21-2)17(15)22-3)13(19)10-23-14-7-5-4-6-12(14)18/h4-9H,10,18H2,1-3H3. The van der Waals surface area contributed by atoms with Gasteiger partial charge in [-0.3, -0.25) is 4.79 Å². The quantitative estimate of drug-likeness (QED) is 0.624. The maximum Gasteiger partial charge on any atom is 0.204 e. The molecular weight excluding hydrogens is 298 g/mol. The van der Waals surface area contributed by atoms with Crippen LogP contribution in [0.3, 0.4) is 0 Å². The van der Waals surface area contributed by atoms with Crippen molar-refractivity contribution in [1.82, 2.24) is 0 Å². The summed E-state index contributed by atoms with van der Waals surface area (Å²) in [5.41, 5.74) is 6.61. The van der Waals surface area contributed by atoms with Gasteiger partial charge < -0.3 is 24.7 Å². The third kappa shape index (κ3) is 3.48. The Morgan fingerprint density at radius 2 is 1.61 bits per heavy atom. The van der Waals surface area contributed by atoms with Crippen LogP contribution in [0.4, 0.5) is 5.69 Å². The average molecular weight is 317 g/mol. The van der Waals surface area contributed by atoms with Gasteiger partial charge in [-0.1, -0.05) is 12.1 Å². The number of nitrogen functional groups attached to an aromatic ring is 1. The van der Waals surface area contributed by atoms with Crippen molar-refractivity contribution in [2.45, 2.75) is 0 Å². The molecule has 0 aliphatic carbocycles. The lowest BCUT2D eigenvalue weighted by atomic mass is 10.1. The SMILES string of the molecule is COc1ccc(C(=O)COc2ccccc2N)c(OC)c1OC. The molecule has 23 heavy (non-hydrogen) atoms. The summed E-state index contributed by atoms with van der Waals surface area (Å²) in [6, 6.07) is 10.2. The Hall–Kier alpha value is -2.89. The van der Waals surface area contributed by atoms with Crippen molar-refractivity contribution in [1.29, 1.82) is 0 Å². The first-order valence-corrected chi connectivity index (χ1v) is 6.91. The highest BCUT2D eigenvalue weighted by Crippen LogP contribution is 2.39. The van der Waals surface area contributed by atoms with Gasteiger partial charge in [0.25, 0.3) is 0 Å². The molecule has 0 aliphatic rings. The van der Waals surface area contributed by atoms with E-state index >= 15 is 0 Å². The molecule has 0 aromatic heterocycles. The van der Waals surface area contributed by atoms with Crippen molar-refractivity contribution < 1.29 is 23.7 Å². The minimum atomic E-state index is -0.258. The summed E-state index contributed by atoms with van der Waals surface area (Å²) in [5.74, 6) is 1.35. The smallest absolute Gasteiger partial charge is 0.204 e. The minimum Gasteiger partial charge on any atom is -0.493 e. The van der Waals surface area contributed by atoms with Gasteiger partial charge in [0.1, 0.15) is 5.75 Å². The Morgan fingerprint density at radius 1 is 0.913 bits per heavy atom. The highest BCUT2D eigenvalue weighted by molar-refractivity contribution is 6.01. The summed E-state index contributed by atoms with van der Waals surface area (Å²) >= 11 is 0. The van der Waals surface area contributed by atoms with Crippen molar-refractivity contribution in [3.05, 3.63) is 42.0 Å². The maximum absolute atomic E-state index is 12.4. The van der Waals surface area contributed by atoms with E-state index in [1.165, 1.54) is 21.3 Å². The zero-order valence-corrected chi connectivity index (χ0v) is 13.3. The number of ether oxygens (including phenoxy) is 4. The van der Waals surface area contributed by atoms with Gasteiger partial charge in [-0.2, -0.15) is 0 Å². The van der Waals surface area contributed by atoms with E-state index in [1.54, 1.807) is 36.4 Å². The van der Waals surface area contributed by atoms with Crippen LogP contribution < -0.4 is 24.7 Å². The fourth-order valence-corrected chi connectivity index (χ4v) is 2.15. The summed E-state index contributed by atoms with van der Waals surface area (Å²) in [5, 5.41) is 0. The highest BCUT2D eigenvalue weighted by Gasteiger charge is 2.21. The average Bonchev–Trinajstić information content (AvgIpc) is 2.59. The van der Waals surface area contributed by atoms with Crippen LogP contribution in [-0.2, 0) is 0 Å². The molecule has 122 valence electrons. The molecule has 0 saturated carbocycles. The molecule has 6 heteroatoms. The fraction of sp³-hybridized carbons (Fsp3) is 0.235. The molecule has 0 atom stereocenters. The number of nitrogens with two attached hydrogens (primary N) is 1. The molecule has 2 N–H and O–H groups in total. The number of hydrogen-bond donors (Lipinski definition) is 1. The van der Waals surface area contributed by atoms with E-state index in [0.29, 0.717) is 34.2 Å². The van der Waals surface area contributed by atoms with Crippen LogP contribution in [0.15, 0.2) is 36.4 Å². The first-order chi connectivity index (χ1) is 11.1. The van der Waals surface area contributed by atoms with Crippen LogP contribution in [0.1, 0.15) is 10.4 Å². The molecule has 0 aliphatic heterocycles.